The number of hydrogen-bond acceptors (Lipinski definition) is 2. The van der Waals surface area contributed by atoms with E-state index in [2.05, 4.69) is 110 Å². The minimum absolute atomic E-state index is 0.128. The fourth-order valence-electron chi connectivity index (χ4n) is 3.45. The van der Waals surface area contributed by atoms with E-state index in [-0.39, 0.29) is 16.0 Å². The van der Waals surface area contributed by atoms with Crippen molar-refractivity contribution in [2.45, 2.75) is 90.1 Å². The lowest BCUT2D eigenvalue weighted by Crippen LogP contribution is -2.42. The first kappa shape index (κ1) is 23.1. The zero-order chi connectivity index (χ0) is 22.5. The summed E-state index contributed by atoms with van der Waals surface area (Å²) in [5.74, 6) is 2.22. The Balaban J connectivity index is 2.19. The van der Waals surface area contributed by atoms with Gasteiger partial charge in [-0.3, -0.25) is 0 Å². The molecule has 0 bridgehead atoms. The Morgan fingerprint density at radius 2 is 1.40 bits per heavy atom. The second-order valence-electron chi connectivity index (χ2n) is 11.8. The second-order valence-corrected chi connectivity index (χ2v) is 21.3. The van der Waals surface area contributed by atoms with Crippen molar-refractivity contribution in [2.75, 3.05) is 0 Å². The van der Waals surface area contributed by atoms with Crippen LogP contribution in [0.25, 0.3) is 5.76 Å². The third-order valence-corrected chi connectivity index (χ3v) is 16.2. The second kappa shape index (κ2) is 7.56. The molecule has 0 aliphatic heterocycles. The van der Waals surface area contributed by atoms with Crippen LogP contribution in [0.15, 0.2) is 53.8 Å². The molecule has 0 saturated carbocycles. The summed E-state index contributed by atoms with van der Waals surface area (Å²) >= 11 is 0. The summed E-state index contributed by atoms with van der Waals surface area (Å²) in [5, 5.41) is 0.257. The Hall–Kier alpha value is -1.53. The van der Waals surface area contributed by atoms with Gasteiger partial charge in [0.2, 0.25) is 8.32 Å². The van der Waals surface area contributed by atoms with E-state index in [0.717, 1.165) is 17.9 Å². The zero-order valence-corrected chi connectivity index (χ0v) is 22.6. The van der Waals surface area contributed by atoms with Gasteiger partial charge >= 0.3 is 0 Å². The summed E-state index contributed by atoms with van der Waals surface area (Å²) in [4.78, 5) is 0. The fourth-order valence-corrected chi connectivity index (χ4v) is 5.55. The van der Waals surface area contributed by atoms with E-state index in [1.807, 2.05) is 0 Å². The van der Waals surface area contributed by atoms with Gasteiger partial charge in [-0.05, 0) is 48.2 Å². The Labute approximate surface area is 186 Å². The average molecular weight is 441 g/mol. The highest BCUT2D eigenvalue weighted by Crippen LogP contribution is 2.53. The normalized spacial score (nSPS) is 19.8. The highest BCUT2D eigenvalue weighted by molar-refractivity contribution is 6.75. The minimum Gasteiger partial charge on any atom is -0.543 e. The van der Waals surface area contributed by atoms with Crippen LogP contribution in [0.4, 0.5) is 0 Å². The third kappa shape index (κ3) is 4.13. The molecule has 0 radical (unpaired) electrons. The van der Waals surface area contributed by atoms with Gasteiger partial charge in [-0.1, -0.05) is 89.6 Å². The van der Waals surface area contributed by atoms with E-state index >= 15 is 0 Å². The van der Waals surface area contributed by atoms with E-state index in [1.165, 1.54) is 16.7 Å². The van der Waals surface area contributed by atoms with Crippen LogP contribution in [0.2, 0.25) is 36.3 Å². The minimum atomic E-state index is -2.03. The summed E-state index contributed by atoms with van der Waals surface area (Å²) in [5.41, 5.74) is 3.95. The molecule has 1 atom stereocenters. The van der Waals surface area contributed by atoms with Gasteiger partial charge < -0.3 is 8.85 Å². The maximum atomic E-state index is 7.09. The molecule has 164 valence electrons. The van der Waals surface area contributed by atoms with Crippen LogP contribution in [0.1, 0.15) is 65.0 Å². The molecule has 3 rings (SSSR count). The van der Waals surface area contributed by atoms with Crippen LogP contribution in [-0.4, -0.2) is 16.6 Å². The van der Waals surface area contributed by atoms with Crippen LogP contribution >= 0.6 is 0 Å². The molecule has 2 nitrogen and oxygen atoms in total. The third-order valence-electron chi connectivity index (χ3n) is 7.51. The Kier molecular flexibility index (Phi) is 5.83. The van der Waals surface area contributed by atoms with Crippen LogP contribution in [0.3, 0.4) is 0 Å². The molecule has 30 heavy (non-hydrogen) atoms. The molecule has 0 aromatic heterocycles. The molecule has 1 unspecified atom stereocenters. The standard InChI is InChI=1S/C26H40O2Si2/c1-25(2,3)29(7,8)27-23-21-18-14-13-17-20(21)22(19-15-11-12-16-19)24(23)28-30(9,10)26(4,5)6/h11-15,17-18,22H,16H2,1-10H3. The smallest absolute Gasteiger partial charge is 0.250 e. The highest BCUT2D eigenvalue weighted by Gasteiger charge is 2.47. The van der Waals surface area contributed by atoms with Crippen molar-refractivity contribution in [1.29, 1.82) is 0 Å². The van der Waals surface area contributed by atoms with Crippen LogP contribution < -0.4 is 0 Å². The summed E-state index contributed by atoms with van der Waals surface area (Å²) in [6, 6.07) is 8.75. The average Bonchev–Trinajstić information content (AvgIpc) is 3.20. The molecule has 0 N–H and O–H groups in total. The Morgan fingerprint density at radius 3 is 1.93 bits per heavy atom. The molecule has 2 aliphatic rings. The lowest BCUT2D eigenvalue weighted by Gasteiger charge is -2.40. The molecule has 2 aliphatic carbocycles. The van der Waals surface area contributed by atoms with Crippen LogP contribution in [-0.2, 0) is 8.85 Å². The lowest BCUT2D eigenvalue weighted by atomic mass is 9.91. The number of fused-ring (bicyclic) bond motifs is 1. The van der Waals surface area contributed by atoms with Crippen molar-refractivity contribution >= 4 is 22.4 Å². The molecular formula is C26H40O2Si2. The van der Waals surface area contributed by atoms with Gasteiger partial charge in [-0.25, -0.2) is 0 Å². The summed E-state index contributed by atoms with van der Waals surface area (Å²) in [7, 11) is -4.06. The van der Waals surface area contributed by atoms with E-state index in [9.17, 15) is 0 Å². The van der Waals surface area contributed by atoms with Crippen molar-refractivity contribution < 1.29 is 8.85 Å². The van der Waals surface area contributed by atoms with Gasteiger partial charge in [-0.2, -0.15) is 0 Å². The number of allylic oxidation sites excluding steroid dienone is 4. The molecule has 0 amide bonds. The van der Waals surface area contributed by atoms with Gasteiger partial charge in [0.15, 0.2) is 0 Å². The largest absolute Gasteiger partial charge is 0.543 e. The lowest BCUT2D eigenvalue weighted by molar-refractivity contribution is 0.345. The topological polar surface area (TPSA) is 18.5 Å². The van der Waals surface area contributed by atoms with E-state index in [0.29, 0.717) is 0 Å². The van der Waals surface area contributed by atoms with Gasteiger partial charge in [0.25, 0.3) is 8.32 Å². The summed E-state index contributed by atoms with van der Waals surface area (Å²) in [6.07, 6.45) is 7.67. The fraction of sp³-hybridized carbons (Fsp3) is 0.538. The van der Waals surface area contributed by atoms with Crippen molar-refractivity contribution in [3.63, 3.8) is 0 Å². The van der Waals surface area contributed by atoms with Crippen molar-refractivity contribution in [2.24, 2.45) is 0 Å². The first-order chi connectivity index (χ1) is 13.7. The first-order valence-corrected chi connectivity index (χ1v) is 17.0. The Bertz CT molecular complexity index is 906. The Morgan fingerprint density at radius 1 is 0.833 bits per heavy atom. The SMILES string of the molecule is CC(C)(C)[Si](C)(C)OC1=C(O[Si](C)(C)C(C)(C)C)C(C2=CC=CC2)c2ccccc21. The summed E-state index contributed by atoms with van der Waals surface area (Å²) < 4.78 is 14.1. The number of benzene rings is 1. The van der Waals surface area contributed by atoms with Crippen molar-refractivity contribution in [3.8, 4) is 0 Å². The van der Waals surface area contributed by atoms with Gasteiger partial charge in [0.1, 0.15) is 11.5 Å². The first-order valence-electron chi connectivity index (χ1n) is 11.2. The van der Waals surface area contributed by atoms with Gasteiger partial charge in [-0.15, -0.1) is 0 Å². The van der Waals surface area contributed by atoms with Crippen molar-refractivity contribution in [1.82, 2.24) is 0 Å². The maximum absolute atomic E-state index is 7.09. The molecule has 0 spiro atoms. The number of hydrogen-bond donors (Lipinski definition) is 0. The maximum Gasteiger partial charge on any atom is 0.250 e. The molecule has 4 heteroatoms. The summed E-state index contributed by atoms with van der Waals surface area (Å²) in [6.45, 7) is 23.2. The number of rotatable bonds is 5. The van der Waals surface area contributed by atoms with Gasteiger partial charge in [0, 0.05) is 5.56 Å². The molecule has 0 saturated heterocycles. The monoisotopic (exact) mass is 440 g/mol. The van der Waals surface area contributed by atoms with E-state index in [1.54, 1.807) is 0 Å². The molecular weight excluding hydrogens is 400 g/mol. The van der Waals surface area contributed by atoms with Crippen LogP contribution in [0, 0.1) is 0 Å². The van der Waals surface area contributed by atoms with Crippen molar-refractivity contribution in [3.05, 3.63) is 65.0 Å². The van der Waals surface area contributed by atoms with E-state index < -0.39 is 16.6 Å². The molecule has 1 aromatic carbocycles. The predicted octanol–water partition coefficient (Wildman–Crippen LogP) is 8.38. The van der Waals surface area contributed by atoms with Crippen LogP contribution in [0.5, 0.6) is 0 Å². The predicted molar refractivity (Wildman–Crippen MR) is 135 cm³/mol. The van der Waals surface area contributed by atoms with E-state index in [4.69, 9.17) is 8.85 Å². The molecule has 1 aromatic rings. The molecule has 0 fully saturated rings. The highest BCUT2D eigenvalue weighted by atomic mass is 28.4. The quantitative estimate of drug-likeness (QED) is 0.428. The van der Waals surface area contributed by atoms with Gasteiger partial charge in [0.05, 0.1) is 5.92 Å². The zero-order valence-electron chi connectivity index (χ0n) is 20.6. The molecule has 0 heterocycles.